The molecule has 35 heavy (non-hydrogen) atoms. The average Bonchev–Trinajstić information content (AvgIpc) is 3.26. The minimum atomic E-state index is -0.524. The van der Waals surface area contributed by atoms with Crippen LogP contribution in [0, 0.1) is 20.8 Å². The van der Waals surface area contributed by atoms with Crippen LogP contribution < -0.4 is 0 Å². The van der Waals surface area contributed by atoms with Crippen LogP contribution in [-0.4, -0.2) is 28.5 Å². The normalized spacial score (nSPS) is 15.8. The van der Waals surface area contributed by atoms with E-state index in [1.54, 1.807) is 17.9 Å². The summed E-state index contributed by atoms with van der Waals surface area (Å²) in [5, 5.41) is 0.693. The van der Waals surface area contributed by atoms with Gasteiger partial charge in [-0.15, -0.1) is 0 Å². The van der Waals surface area contributed by atoms with Crippen LogP contribution in [0.2, 0.25) is 5.02 Å². The first kappa shape index (κ1) is 24.6. The van der Waals surface area contributed by atoms with Crippen LogP contribution in [0.25, 0.3) is 11.8 Å². The molecule has 0 saturated heterocycles. The molecule has 0 radical (unpaired) electrons. The summed E-state index contributed by atoms with van der Waals surface area (Å²) >= 11 is 6.38. The maximum absolute atomic E-state index is 13.7. The van der Waals surface area contributed by atoms with Gasteiger partial charge in [0, 0.05) is 27.8 Å². The van der Waals surface area contributed by atoms with Crippen molar-refractivity contribution >= 4 is 29.6 Å². The fourth-order valence-corrected chi connectivity index (χ4v) is 4.93. The molecular formula is C29H29ClN2O3. The van der Waals surface area contributed by atoms with E-state index >= 15 is 0 Å². The van der Waals surface area contributed by atoms with Crippen molar-refractivity contribution in [3.63, 3.8) is 0 Å². The molecule has 1 aliphatic rings. The molecule has 0 N–H and O–H groups in total. The molecule has 1 amide bonds. The molecule has 0 unspecified atom stereocenters. The summed E-state index contributed by atoms with van der Waals surface area (Å²) in [6.07, 6.45) is 1.80. The quantitative estimate of drug-likeness (QED) is 0.304. The van der Waals surface area contributed by atoms with E-state index in [0.29, 0.717) is 21.9 Å². The van der Waals surface area contributed by atoms with Gasteiger partial charge in [-0.05, 0) is 75.6 Å². The van der Waals surface area contributed by atoms with Crippen molar-refractivity contribution in [2.45, 2.75) is 40.7 Å². The molecule has 0 saturated carbocycles. The Bertz CT molecular complexity index is 1380. The fraction of sp³-hybridized carbons (Fsp3) is 0.241. The third kappa shape index (κ3) is 4.32. The van der Waals surface area contributed by atoms with Crippen molar-refractivity contribution in [2.75, 3.05) is 7.11 Å². The molecule has 6 heteroatoms. The van der Waals surface area contributed by atoms with Gasteiger partial charge in [-0.1, -0.05) is 48.0 Å². The Hall–Kier alpha value is -3.57. The van der Waals surface area contributed by atoms with E-state index in [2.05, 4.69) is 4.57 Å². The predicted octanol–water partition coefficient (Wildman–Crippen LogP) is 6.49. The summed E-state index contributed by atoms with van der Waals surface area (Å²) in [6, 6.07) is 17.5. The number of benzene rings is 2. The van der Waals surface area contributed by atoms with Crippen LogP contribution in [0.3, 0.4) is 0 Å². The minimum absolute atomic E-state index is 0.220. The van der Waals surface area contributed by atoms with Crippen LogP contribution >= 0.6 is 11.6 Å². The van der Waals surface area contributed by atoms with Crippen LogP contribution in [0.1, 0.15) is 48.0 Å². The molecule has 5 nitrogen and oxygen atoms in total. The largest absolute Gasteiger partial charge is 0.465 e. The monoisotopic (exact) mass is 488 g/mol. The van der Waals surface area contributed by atoms with E-state index in [4.69, 9.17) is 16.3 Å². The van der Waals surface area contributed by atoms with Crippen LogP contribution in [0.5, 0.6) is 0 Å². The smallest absolute Gasteiger partial charge is 0.340 e. The van der Waals surface area contributed by atoms with Gasteiger partial charge < -0.3 is 14.2 Å². The molecule has 3 aromatic rings. The van der Waals surface area contributed by atoms with Gasteiger partial charge in [-0.3, -0.25) is 4.79 Å². The van der Waals surface area contributed by atoms with Gasteiger partial charge in [0.2, 0.25) is 0 Å². The van der Waals surface area contributed by atoms with Crippen LogP contribution in [0.15, 0.2) is 71.4 Å². The molecule has 1 aliphatic heterocycles. The highest BCUT2D eigenvalue weighted by molar-refractivity contribution is 6.31. The van der Waals surface area contributed by atoms with Crippen molar-refractivity contribution in [1.82, 2.24) is 9.47 Å². The second-order valence-corrected chi connectivity index (χ2v) is 9.27. The number of amides is 1. The maximum Gasteiger partial charge on any atom is 0.340 e. The Labute approximate surface area is 211 Å². The summed E-state index contributed by atoms with van der Waals surface area (Å²) < 4.78 is 7.16. The number of hydrogen-bond donors (Lipinski definition) is 0. The standard InChI is InChI=1S/C29H29ClN2O3/c1-17-12-13-24(16-26(17)30)31-18(2)14-23(20(31)4)15-25-27(29(34)35-6)21(5)32(28(25)33)19(3)22-10-8-7-9-11-22/h7-16,19H,1-6H3/b25-15+/t19-/m0/s1. The topological polar surface area (TPSA) is 51.5 Å². The number of esters is 1. The number of hydrogen-bond acceptors (Lipinski definition) is 3. The van der Waals surface area contributed by atoms with E-state index in [1.807, 2.05) is 82.3 Å². The van der Waals surface area contributed by atoms with Gasteiger partial charge in [0.1, 0.15) is 0 Å². The van der Waals surface area contributed by atoms with E-state index in [1.165, 1.54) is 7.11 Å². The van der Waals surface area contributed by atoms with Crippen molar-refractivity contribution < 1.29 is 14.3 Å². The Kier molecular flexibility index (Phi) is 6.73. The highest BCUT2D eigenvalue weighted by atomic mass is 35.5. The van der Waals surface area contributed by atoms with Gasteiger partial charge >= 0.3 is 5.97 Å². The lowest BCUT2D eigenvalue weighted by Gasteiger charge is -2.26. The molecule has 0 bridgehead atoms. The Morgan fingerprint density at radius 3 is 2.34 bits per heavy atom. The third-order valence-electron chi connectivity index (χ3n) is 6.68. The number of methoxy groups -OCH3 is 1. The van der Waals surface area contributed by atoms with Crippen molar-refractivity contribution in [1.29, 1.82) is 0 Å². The number of nitrogens with zero attached hydrogens (tertiary/aromatic N) is 2. The molecule has 4 rings (SSSR count). The molecule has 0 fully saturated rings. The fourth-order valence-electron chi connectivity index (χ4n) is 4.75. The number of ether oxygens (including phenoxy) is 1. The Balaban J connectivity index is 1.82. The predicted molar refractivity (Wildman–Crippen MR) is 139 cm³/mol. The van der Waals surface area contributed by atoms with E-state index in [0.717, 1.165) is 33.8 Å². The number of halogens is 1. The van der Waals surface area contributed by atoms with Gasteiger partial charge in [-0.2, -0.15) is 0 Å². The summed E-state index contributed by atoms with van der Waals surface area (Å²) in [4.78, 5) is 28.2. The highest BCUT2D eigenvalue weighted by Gasteiger charge is 2.39. The molecule has 0 aliphatic carbocycles. The van der Waals surface area contributed by atoms with Crippen molar-refractivity contribution in [3.8, 4) is 5.69 Å². The highest BCUT2D eigenvalue weighted by Crippen LogP contribution is 2.38. The van der Waals surface area contributed by atoms with Gasteiger partial charge in [0.15, 0.2) is 0 Å². The first-order valence-corrected chi connectivity index (χ1v) is 11.9. The lowest BCUT2D eigenvalue weighted by molar-refractivity contribution is -0.136. The Morgan fingerprint density at radius 1 is 1.03 bits per heavy atom. The molecule has 0 spiro atoms. The number of aromatic nitrogens is 1. The number of allylic oxidation sites excluding steroid dienone is 1. The van der Waals surface area contributed by atoms with E-state index in [9.17, 15) is 9.59 Å². The molecule has 1 aromatic heterocycles. The van der Waals surface area contributed by atoms with E-state index < -0.39 is 5.97 Å². The van der Waals surface area contributed by atoms with Crippen molar-refractivity contribution in [2.24, 2.45) is 0 Å². The Morgan fingerprint density at radius 2 is 1.71 bits per heavy atom. The third-order valence-corrected chi connectivity index (χ3v) is 7.09. The molecule has 2 heterocycles. The second-order valence-electron chi connectivity index (χ2n) is 8.87. The van der Waals surface area contributed by atoms with Crippen LogP contribution in [-0.2, 0) is 14.3 Å². The second kappa shape index (κ2) is 9.59. The molecular weight excluding hydrogens is 460 g/mol. The lowest BCUT2D eigenvalue weighted by Crippen LogP contribution is -2.28. The maximum atomic E-state index is 13.7. The van der Waals surface area contributed by atoms with Gasteiger partial charge in [-0.25, -0.2) is 4.79 Å². The minimum Gasteiger partial charge on any atom is -0.465 e. The SMILES string of the molecule is COC(=O)C1=C(C)N([C@@H](C)c2ccccc2)C(=O)/C1=C/c1cc(C)n(-c2ccc(C)c(Cl)c2)c1C. The summed E-state index contributed by atoms with van der Waals surface area (Å²) in [5.74, 6) is -0.744. The molecule has 180 valence electrons. The summed E-state index contributed by atoms with van der Waals surface area (Å²) in [7, 11) is 1.33. The number of aryl methyl sites for hydroxylation is 2. The first-order valence-electron chi connectivity index (χ1n) is 11.5. The lowest BCUT2D eigenvalue weighted by atomic mass is 10.0. The van der Waals surface area contributed by atoms with E-state index in [-0.39, 0.29) is 11.9 Å². The van der Waals surface area contributed by atoms with Gasteiger partial charge in [0.05, 0.1) is 24.3 Å². The first-order chi connectivity index (χ1) is 16.6. The number of carbonyl (C=O) groups is 2. The molecule has 1 atom stereocenters. The van der Waals surface area contributed by atoms with Gasteiger partial charge in [0.25, 0.3) is 5.91 Å². The van der Waals surface area contributed by atoms with Crippen molar-refractivity contribution in [3.05, 3.63) is 105 Å². The van der Waals surface area contributed by atoms with Crippen LogP contribution in [0.4, 0.5) is 0 Å². The summed E-state index contributed by atoms with van der Waals surface area (Å²) in [6.45, 7) is 9.72. The number of rotatable bonds is 5. The zero-order chi connectivity index (χ0) is 25.4. The average molecular weight is 489 g/mol. The zero-order valence-electron chi connectivity index (χ0n) is 20.8. The molecule has 2 aromatic carbocycles. The number of carbonyl (C=O) groups excluding carboxylic acids is 2. The zero-order valence-corrected chi connectivity index (χ0v) is 21.6. The summed E-state index contributed by atoms with van der Waals surface area (Å²) in [5.41, 5.74) is 6.94.